The van der Waals surface area contributed by atoms with Crippen LogP contribution >= 0.6 is 11.3 Å². The average molecular weight is 304 g/mol. The third kappa shape index (κ3) is 3.76. The first-order valence-corrected chi connectivity index (χ1v) is 7.68. The van der Waals surface area contributed by atoms with Gasteiger partial charge in [0.25, 0.3) is 0 Å². The number of anilines is 2. The molecule has 3 N–H and O–H groups in total. The molecular weight excluding hydrogens is 284 g/mol. The number of nitrogens with one attached hydrogen (secondary N) is 1. The zero-order valence-corrected chi connectivity index (χ0v) is 13.3. The molecule has 1 heterocycles. The lowest BCUT2D eigenvalue weighted by Crippen LogP contribution is -2.09. The Hall–Kier alpha value is -2.01. The fraction of sp³-hybridized carbons (Fsp3) is 0.312. The van der Waals surface area contributed by atoms with E-state index in [-0.39, 0.29) is 11.9 Å². The second-order valence-corrected chi connectivity index (χ2v) is 6.09. The molecule has 0 bridgehead atoms. The fourth-order valence-corrected chi connectivity index (χ4v) is 2.88. The van der Waals surface area contributed by atoms with Gasteiger partial charge < -0.3 is 15.8 Å². The van der Waals surface area contributed by atoms with Crippen molar-refractivity contribution in [2.75, 3.05) is 11.1 Å². The van der Waals surface area contributed by atoms with Gasteiger partial charge in [-0.15, -0.1) is 11.3 Å². The number of Topliss-reactive ketones (excluding diaryl/α,β-unsaturated/α-hetero) is 1. The van der Waals surface area contributed by atoms with E-state index < -0.39 is 0 Å². The van der Waals surface area contributed by atoms with Crippen molar-refractivity contribution in [3.05, 3.63) is 40.8 Å². The monoisotopic (exact) mass is 304 g/mol. The molecule has 5 heteroatoms. The average Bonchev–Trinajstić information content (AvgIpc) is 2.75. The Bertz CT molecular complexity index is 621. The largest absolute Gasteiger partial charge is 0.486 e. The lowest BCUT2D eigenvalue weighted by molar-refractivity contribution is 0.102. The van der Waals surface area contributed by atoms with Gasteiger partial charge in [0.15, 0.2) is 11.5 Å². The third-order valence-corrected chi connectivity index (χ3v) is 4.11. The molecule has 0 aliphatic rings. The molecular formula is C16H20N2O2S. The molecule has 1 aromatic heterocycles. The Kier molecular flexibility index (Phi) is 4.85. The highest BCUT2D eigenvalue weighted by Crippen LogP contribution is 2.43. The number of hydrogen-bond acceptors (Lipinski definition) is 5. The van der Waals surface area contributed by atoms with Crippen LogP contribution in [0.1, 0.15) is 36.0 Å². The van der Waals surface area contributed by atoms with E-state index in [9.17, 15) is 4.79 Å². The van der Waals surface area contributed by atoms with E-state index in [1.807, 2.05) is 44.2 Å². The molecule has 2 rings (SSSR count). The maximum absolute atomic E-state index is 11.6. The molecule has 0 aliphatic heterocycles. The summed E-state index contributed by atoms with van der Waals surface area (Å²) >= 11 is 1.34. The number of rotatable bonds is 6. The van der Waals surface area contributed by atoms with Crippen LogP contribution in [0.15, 0.2) is 30.3 Å². The van der Waals surface area contributed by atoms with Crippen molar-refractivity contribution >= 4 is 27.8 Å². The Morgan fingerprint density at radius 3 is 2.57 bits per heavy atom. The number of carbonyl (C=O) groups excluding carboxylic acids is 1. The van der Waals surface area contributed by atoms with E-state index in [4.69, 9.17) is 10.5 Å². The van der Waals surface area contributed by atoms with Gasteiger partial charge in [-0.25, -0.2) is 0 Å². The van der Waals surface area contributed by atoms with Gasteiger partial charge in [0.1, 0.15) is 5.00 Å². The summed E-state index contributed by atoms with van der Waals surface area (Å²) in [6.07, 6.45) is -0.000941. The van der Waals surface area contributed by atoms with E-state index >= 15 is 0 Å². The van der Waals surface area contributed by atoms with E-state index in [0.717, 1.165) is 10.6 Å². The summed E-state index contributed by atoms with van der Waals surface area (Å²) in [4.78, 5) is 12.2. The Morgan fingerprint density at radius 2 is 2.00 bits per heavy atom. The van der Waals surface area contributed by atoms with Gasteiger partial charge in [-0.3, -0.25) is 4.79 Å². The maximum Gasteiger partial charge on any atom is 0.177 e. The summed E-state index contributed by atoms with van der Waals surface area (Å²) in [5.41, 5.74) is 7.63. The summed E-state index contributed by atoms with van der Waals surface area (Å²) in [7, 11) is 0. The standard InChI is InChI=1S/C16H20N2O2S/c1-10(2)20-14-13(17)15(11(3)19)21-16(14)18-9-12-7-5-4-6-8-12/h4-8,10,18H,9,17H2,1-3H3. The molecule has 4 nitrogen and oxygen atoms in total. The fourth-order valence-electron chi connectivity index (χ4n) is 1.94. The summed E-state index contributed by atoms with van der Waals surface area (Å²) in [5.74, 6) is 0.537. The van der Waals surface area contributed by atoms with Gasteiger partial charge in [-0.1, -0.05) is 30.3 Å². The van der Waals surface area contributed by atoms with Crippen LogP contribution in [0.25, 0.3) is 0 Å². The Labute approximate surface area is 128 Å². The molecule has 0 aliphatic carbocycles. The SMILES string of the molecule is CC(=O)c1sc(NCc2ccccc2)c(OC(C)C)c1N. The minimum absolute atomic E-state index is 0.000941. The second-order valence-electron chi connectivity index (χ2n) is 5.07. The summed E-state index contributed by atoms with van der Waals surface area (Å²) in [5, 5.41) is 4.11. The van der Waals surface area contributed by atoms with E-state index in [0.29, 0.717) is 22.9 Å². The van der Waals surface area contributed by atoms with Crippen LogP contribution in [-0.2, 0) is 6.54 Å². The molecule has 0 atom stereocenters. The van der Waals surface area contributed by atoms with Crippen molar-refractivity contribution < 1.29 is 9.53 Å². The number of benzene rings is 1. The van der Waals surface area contributed by atoms with Crippen LogP contribution in [-0.4, -0.2) is 11.9 Å². The topological polar surface area (TPSA) is 64.3 Å². The zero-order chi connectivity index (χ0) is 15.4. The van der Waals surface area contributed by atoms with Crippen LogP contribution in [0, 0.1) is 0 Å². The molecule has 0 spiro atoms. The highest BCUT2D eigenvalue weighted by atomic mass is 32.1. The quantitative estimate of drug-likeness (QED) is 0.794. The number of ketones is 1. The van der Waals surface area contributed by atoms with Crippen LogP contribution in [0.4, 0.5) is 10.7 Å². The van der Waals surface area contributed by atoms with Crippen molar-refractivity contribution in [3.63, 3.8) is 0 Å². The lowest BCUT2D eigenvalue weighted by atomic mass is 10.2. The van der Waals surface area contributed by atoms with Gasteiger partial charge in [-0.2, -0.15) is 0 Å². The highest BCUT2D eigenvalue weighted by molar-refractivity contribution is 7.19. The minimum atomic E-state index is -0.0427. The number of carbonyl (C=O) groups is 1. The van der Waals surface area contributed by atoms with Crippen LogP contribution in [0.3, 0.4) is 0 Å². The van der Waals surface area contributed by atoms with E-state index in [2.05, 4.69) is 5.32 Å². The number of thiophene rings is 1. The van der Waals surface area contributed by atoms with Crippen molar-refractivity contribution in [2.24, 2.45) is 0 Å². The van der Waals surface area contributed by atoms with Crippen molar-refractivity contribution in [1.82, 2.24) is 0 Å². The number of hydrogen-bond donors (Lipinski definition) is 2. The first-order chi connectivity index (χ1) is 9.99. The van der Waals surface area contributed by atoms with E-state index in [1.54, 1.807) is 0 Å². The zero-order valence-electron chi connectivity index (χ0n) is 12.5. The molecule has 0 saturated carbocycles. The van der Waals surface area contributed by atoms with Gasteiger partial charge in [0, 0.05) is 13.5 Å². The van der Waals surface area contributed by atoms with E-state index in [1.165, 1.54) is 18.3 Å². The van der Waals surface area contributed by atoms with Gasteiger partial charge in [0.05, 0.1) is 16.7 Å². The van der Waals surface area contributed by atoms with Crippen molar-refractivity contribution in [1.29, 1.82) is 0 Å². The highest BCUT2D eigenvalue weighted by Gasteiger charge is 2.20. The van der Waals surface area contributed by atoms with Crippen LogP contribution < -0.4 is 15.8 Å². The second kappa shape index (κ2) is 6.63. The van der Waals surface area contributed by atoms with Crippen LogP contribution in [0.5, 0.6) is 5.75 Å². The predicted molar refractivity (Wildman–Crippen MR) is 88.3 cm³/mol. The normalized spacial score (nSPS) is 10.7. The Balaban J connectivity index is 2.24. The molecule has 0 saturated heterocycles. The molecule has 21 heavy (non-hydrogen) atoms. The molecule has 112 valence electrons. The number of ether oxygens (including phenoxy) is 1. The number of nitrogens with two attached hydrogens (primary N) is 1. The van der Waals surface area contributed by atoms with Crippen molar-refractivity contribution in [2.45, 2.75) is 33.4 Å². The lowest BCUT2D eigenvalue weighted by Gasteiger charge is -2.12. The van der Waals surface area contributed by atoms with Gasteiger partial charge in [0.2, 0.25) is 0 Å². The summed E-state index contributed by atoms with van der Waals surface area (Å²) in [6.45, 7) is 6.05. The predicted octanol–water partition coefficient (Wildman–Crippen LogP) is 3.93. The van der Waals surface area contributed by atoms with Crippen LogP contribution in [0.2, 0.25) is 0 Å². The molecule has 0 amide bonds. The third-order valence-electron chi connectivity index (χ3n) is 2.87. The molecule has 0 radical (unpaired) electrons. The Morgan fingerprint density at radius 1 is 1.33 bits per heavy atom. The number of nitrogen functional groups attached to an aromatic ring is 1. The first-order valence-electron chi connectivity index (χ1n) is 6.86. The molecule has 0 fully saturated rings. The molecule has 2 aromatic rings. The first kappa shape index (κ1) is 15.4. The smallest absolute Gasteiger partial charge is 0.177 e. The summed E-state index contributed by atoms with van der Waals surface area (Å²) < 4.78 is 5.77. The summed E-state index contributed by atoms with van der Waals surface area (Å²) in [6, 6.07) is 10.0. The van der Waals surface area contributed by atoms with Gasteiger partial charge >= 0.3 is 0 Å². The van der Waals surface area contributed by atoms with Crippen molar-refractivity contribution in [3.8, 4) is 5.75 Å². The maximum atomic E-state index is 11.6. The molecule has 1 aromatic carbocycles. The molecule has 0 unspecified atom stereocenters. The minimum Gasteiger partial charge on any atom is -0.486 e. The van der Waals surface area contributed by atoms with Gasteiger partial charge in [-0.05, 0) is 19.4 Å².